The average Bonchev–Trinajstić information content (AvgIpc) is 2.82. The van der Waals surface area contributed by atoms with Crippen LogP contribution >= 0.6 is 11.6 Å². The number of carboxylic acid groups (broad SMARTS) is 1. The van der Waals surface area contributed by atoms with Gasteiger partial charge in [-0.05, 0) is 23.4 Å². The van der Waals surface area contributed by atoms with Crippen LogP contribution in [0.15, 0.2) is 23.1 Å². The first-order chi connectivity index (χ1) is 9.79. The monoisotopic (exact) mass is 331 g/mol. The van der Waals surface area contributed by atoms with E-state index in [9.17, 15) is 13.2 Å². The van der Waals surface area contributed by atoms with E-state index in [1.165, 1.54) is 4.80 Å². The van der Waals surface area contributed by atoms with Crippen LogP contribution in [0.4, 0.5) is 0 Å². The first-order valence-corrected chi connectivity index (χ1v) is 7.41. The summed E-state index contributed by atoms with van der Waals surface area (Å²) in [5.41, 5.74) is -0.102. The van der Waals surface area contributed by atoms with Gasteiger partial charge in [0.1, 0.15) is 4.90 Å². The van der Waals surface area contributed by atoms with Gasteiger partial charge in [-0.1, -0.05) is 11.6 Å². The van der Waals surface area contributed by atoms with Gasteiger partial charge in [-0.3, -0.25) is 0 Å². The number of sulfonamides is 1. The topological polar surface area (TPSA) is 127 Å². The van der Waals surface area contributed by atoms with Gasteiger partial charge in [0.15, 0.2) is 5.82 Å². The molecule has 0 aliphatic rings. The van der Waals surface area contributed by atoms with E-state index < -0.39 is 16.0 Å². The fourth-order valence-electron chi connectivity index (χ4n) is 1.48. The molecule has 1 aromatic heterocycles. The molecule has 2 rings (SSSR count). The average molecular weight is 332 g/mol. The molecule has 2 aromatic rings. The molecule has 0 aliphatic heterocycles. The molecule has 0 aliphatic carbocycles. The van der Waals surface area contributed by atoms with Crippen LogP contribution < -0.4 is 4.72 Å². The molecular weight excluding hydrogens is 322 g/mol. The Hall–Kier alpha value is -2.04. The summed E-state index contributed by atoms with van der Waals surface area (Å²) in [7, 11) is -2.37. The maximum absolute atomic E-state index is 12.1. The third kappa shape index (κ3) is 3.54. The van der Waals surface area contributed by atoms with Crippen molar-refractivity contribution >= 4 is 27.6 Å². The normalized spacial score (nSPS) is 11.5. The lowest BCUT2D eigenvalue weighted by molar-refractivity contribution is 0.0696. The minimum atomic E-state index is -3.91. The minimum Gasteiger partial charge on any atom is -0.478 e. The van der Waals surface area contributed by atoms with Crippen LogP contribution in [-0.4, -0.2) is 39.7 Å². The highest BCUT2D eigenvalue weighted by atomic mass is 35.5. The Labute approximate surface area is 124 Å². The van der Waals surface area contributed by atoms with Gasteiger partial charge in [0.2, 0.25) is 10.0 Å². The summed E-state index contributed by atoms with van der Waals surface area (Å²) in [4.78, 5) is 11.7. The third-order valence-corrected chi connectivity index (χ3v) is 4.32. The number of halogens is 1. The standard InChI is InChI=1S/C10H10ClN5O4S/c1-16-14-9(13-15-16)5-12-21(19,20)8-3-2-6(10(17)18)4-7(8)11/h2-4,12H,5H2,1H3,(H,17,18). The number of hydrogen-bond acceptors (Lipinski definition) is 6. The van der Waals surface area contributed by atoms with Crippen molar-refractivity contribution in [1.82, 2.24) is 24.9 Å². The van der Waals surface area contributed by atoms with E-state index in [0.29, 0.717) is 0 Å². The summed E-state index contributed by atoms with van der Waals surface area (Å²) < 4.78 is 26.4. The quantitative estimate of drug-likeness (QED) is 0.791. The van der Waals surface area contributed by atoms with E-state index in [2.05, 4.69) is 20.1 Å². The number of hydrogen-bond donors (Lipinski definition) is 2. The maximum Gasteiger partial charge on any atom is 0.335 e. The van der Waals surface area contributed by atoms with Crippen molar-refractivity contribution in [2.24, 2.45) is 7.05 Å². The summed E-state index contributed by atoms with van der Waals surface area (Å²) >= 11 is 5.81. The largest absolute Gasteiger partial charge is 0.478 e. The number of aromatic carboxylic acids is 1. The van der Waals surface area contributed by atoms with Crippen molar-refractivity contribution in [3.8, 4) is 0 Å². The second-order valence-electron chi connectivity index (χ2n) is 3.97. The lowest BCUT2D eigenvalue weighted by atomic mass is 10.2. The van der Waals surface area contributed by atoms with Crippen LogP contribution in [0.3, 0.4) is 0 Å². The van der Waals surface area contributed by atoms with E-state index in [4.69, 9.17) is 16.7 Å². The zero-order chi connectivity index (χ0) is 15.6. The number of tetrazole rings is 1. The number of aryl methyl sites for hydroxylation is 1. The Morgan fingerprint density at radius 1 is 1.48 bits per heavy atom. The lowest BCUT2D eigenvalue weighted by Crippen LogP contribution is -2.24. The first kappa shape index (κ1) is 15.4. The summed E-state index contributed by atoms with van der Waals surface area (Å²) in [5, 5.41) is 19.7. The highest BCUT2D eigenvalue weighted by Gasteiger charge is 2.20. The summed E-state index contributed by atoms with van der Waals surface area (Å²) in [6.07, 6.45) is 0. The number of benzene rings is 1. The van der Waals surface area contributed by atoms with Crippen molar-refractivity contribution in [3.05, 3.63) is 34.6 Å². The number of rotatable bonds is 5. The van der Waals surface area contributed by atoms with Crippen molar-refractivity contribution < 1.29 is 18.3 Å². The SMILES string of the molecule is Cn1nnc(CNS(=O)(=O)c2ccc(C(=O)O)cc2Cl)n1. The van der Waals surface area contributed by atoms with Gasteiger partial charge in [-0.2, -0.15) is 4.80 Å². The van der Waals surface area contributed by atoms with Crippen molar-refractivity contribution in [2.45, 2.75) is 11.4 Å². The lowest BCUT2D eigenvalue weighted by Gasteiger charge is -2.07. The molecule has 112 valence electrons. The summed E-state index contributed by atoms with van der Waals surface area (Å²) in [6.45, 7) is -0.160. The summed E-state index contributed by atoms with van der Waals surface area (Å²) in [5.74, 6) is -1.00. The zero-order valence-corrected chi connectivity index (χ0v) is 12.3. The first-order valence-electron chi connectivity index (χ1n) is 5.55. The Bertz CT molecular complexity index is 788. The molecule has 0 saturated heterocycles. The summed E-state index contributed by atoms with van der Waals surface area (Å²) in [6, 6.07) is 3.35. The molecule has 0 fully saturated rings. The molecule has 0 spiro atoms. The Kier molecular flexibility index (Phi) is 4.21. The highest BCUT2D eigenvalue weighted by Crippen LogP contribution is 2.22. The molecule has 1 aromatic carbocycles. The van der Waals surface area contributed by atoms with Gasteiger partial charge in [0.05, 0.1) is 24.2 Å². The number of aromatic nitrogens is 4. The predicted molar refractivity (Wildman–Crippen MR) is 71.2 cm³/mol. The molecule has 0 amide bonds. The van der Waals surface area contributed by atoms with Gasteiger partial charge in [0.25, 0.3) is 0 Å². The number of carbonyl (C=O) groups is 1. The second-order valence-corrected chi connectivity index (χ2v) is 6.11. The van der Waals surface area contributed by atoms with E-state index in [0.717, 1.165) is 18.2 Å². The van der Waals surface area contributed by atoms with E-state index in [1.54, 1.807) is 7.05 Å². The van der Waals surface area contributed by atoms with Crippen molar-refractivity contribution in [2.75, 3.05) is 0 Å². The van der Waals surface area contributed by atoms with Crippen LogP contribution in [0.5, 0.6) is 0 Å². The van der Waals surface area contributed by atoms with Gasteiger partial charge >= 0.3 is 5.97 Å². The van der Waals surface area contributed by atoms with Gasteiger partial charge in [-0.15, -0.1) is 10.2 Å². The Balaban J connectivity index is 2.21. The molecule has 0 bridgehead atoms. The van der Waals surface area contributed by atoms with Crippen molar-refractivity contribution in [3.63, 3.8) is 0 Å². The molecule has 1 heterocycles. The molecule has 21 heavy (non-hydrogen) atoms. The van der Waals surface area contributed by atoms with E-state index >= 15 is 0 Å². The molecule has 2 N–H and O–H groups in total. The van der Waals surface area contributed by atoms with Gasteiger partial charge in [0, 0.05) is 0 Å². The molecule has 0 radical (unpaired) electrons. The predicted octanol–water partition coefficient (Wildman–Crippen LogP) is 0.0402. The molecule has 0 unspecified atom stereocenters. The van der Waals surface area contributed by atoms with Gasteiger partial charge in [-0.25, -0.2) is 17.9 Å². The number of carboxylic acids is 1. The molecular formula is C10H10ClN5O4S. The molecule has 11 heteroatoms. The molecule has 0 saturated carbocycles. The fourth-order valence-corrected chi connectivity index (χ4v) is 3.01. The van der Waals surface area contributed by atoms with Crippen LogP contribution in [0.25, 0.3) is 0 Å². The van der Waals surface area contributed by atoms with Crippen LogP contribution in [-0.2, 0) is 23.6 Å². The number of nitrogens with one attached hydrogen (secondary N) is 1. The van der Waals surface area contributed by atoms with Crippen LogP contribution in [0.1, 0.15) is 16.2 Å². The fraction of sp³-hybridized carbons (Fsp3) is 0.200. The molecule has 9 nitrogen and oxygen atoms in total. The van der Waals surface area contributed by atoms with Crippen LogP contribution in [0, 0.1) is 0 Å². The second kappa shape index (κ2) is 5.76. The third-order valence-electron chi connectivity index (χ3n) is 2.44. The Morgan fingerprint density at radius 3 is 2.71 bits per heavy atom. The van der Waals surface area contributed by atoms with Gasteiger partial charge < -0.3 is 5.11 Å². The van der Waals surface area contributed by atoms with E-state index in [1.807, 2.05) is 0 Å². The Morgan fingerprint density at radius 2 is 2.19 bits per heavy atom. The van der Waals surface area contributed by atoms with Crippen LogP contribution in [0.2, 0.25) is 5.02 Å². The minimum absolute atomic E-state index is 0.102. The number of nitrogens with zero attached hydrogens (tertiary/aromatic N) is 4. The maximum atomic E-state index is 12.1. The van der Waals surface area contributed by atoms with Crippen molar-refractivity contribution in [1.29, 1.82) is 0 Å². The van der Waals surface area contributed by atoms with E-state index in [-0.39, 0.29) is 27.9 Å². The molecule has 0 atom stereocenters. The smallest absolute Gasteiger partial charge is 0.335 e. The zero-order valence-electron chi connectivity index (χ0n) is 10.7. The highest BCUT2D eigenvalue weighted by molar-refractivity contribution is 7.89.